The molecule has 0 aliphatic heterocycles. The molecule has 0 fully saturated rings. The van der Waals surface area contributed by atoms with Crippen LogP contribution < -0.4 is 5.73 Å². The van der Waals surface area contributed by atoms with Gasteiger partial charge in [-0.1, -0.05) is 6.08 Å². The van der Waals surface area contributed by atoms with E-state index in [1.165, 1.54) is 0 Å². The van der Waals surface area contributed by atoms with Crippen LogP contribution in [0.25, 0.3) is 0 Å². The van der Waals surface area contributed by atoms with E-state index in [2.05, 4.69) is 0 Å². The van der Waals surface area contributed by atoms with Gasteiger partial charge in [0.1, 0.15) is 0 Å². The second kappa shape index (κ2) is 1.85. The lowest BCUT2D eigenvalue weighted by molar-refractivity contribution is -0.0490. The van der Waals surface area contributed by atoms with E-state index in [-0.39, 0.29) is 0 Å². The van der Waals surface area contributed by atoms with Gasteiger partial charge in [-0.15, -0.1) is 0 Å². The first-order chi connectivity index (χ1) is 3.72. The molecule has 1 atom stereocenters. The molecule has 0 saturated heterocycles. The zero-order valence-corrected chi connectivity index (χ0v) is 4.41. The smallest absolute Gasteiger partial charge is 0.170 e. The topological polar surface area (TPSA) is 66.5 Å². The average Bonchev–Trinajstić information content (AvgIpc) is 2.43. The summed E-state index contributed by atoms with van der Waals surface area (Å²) >= 11 is 0. The Morgan fingerprint density at radius 2 is 2.12 bits per heavy atom. The van der Waals surface area contributed by atoms with Gasteiger partial charge in [0.05, 0.1) is 6.04 Å². The Kier molecular flexibility index (Phi) is 1.33. The Hall–Kier alpha value is -0.380. The molecule has 0 aromatic carbocycles. The van der Waals surface area contributed by atoms with Gasteiger partial charge in [-0.25, -0.2) is 0 Å². The molecular weight excluding hydrogens is 106 g/mol. The second-order valence-electron chi connectivity index (χ2n) is 1.92. The van der Waals surface area contributed by atoms with Crippen molar-refractivity contribution < 1.29 is 10.2 Å². The molecule has 1 rings (SSSR count). The minimum absolute atomic E-state index is 0.546. The fourth-order valence-corrected chi connectivity index (χ4v) is 0.523. The molecule has 3 heteroatoms. The fourth-order valence-electron chi connectivity index (χ4n) is 0.523. The van der Waals surface area contributed by atoms with Crippen LogP contribution in [0, 0.1) is 0 Å². The molecule has 0 spiro atoms. The van der Waals surface area contributed by atoms with Crippen molar-refractivity contribution in [1.82, 2.24) is 0 Å². The van der Waals surface area contributed by atoms with Gasteiger partial charge in [-0.05, 0) is 12.0 Å². The molecule has 0 saturated carbocycles. The molecule has 0 unspecified atom stereocenters. The van der Waals surface area contributed by atoms with Crippen molar-refractivity contribution in [1.29, 1.82) is 0 Å². The van der Waals surface area contributed by atoms with Gasteiger partial charge in [-0.3, -0.25) is 0 Å². The molecule has 0 aromatic rings. The average molecular weight is 115 g/mol. The number of hydrogen-bond acceptors (Lipinski definition) is 3. The van der Waals surface area contributed by atoms with E-state index in [9.17, 15) is 0 Å². The Balaban J connectivity index is 2.33. The molecule has 1 aliphatic carbocycles. The number of allylic oxidation sites excluding steroid dienone is 1. The summed E-state index contributed by atoms with van der Waals surface area (Å²) < 4.78 is 0. The van der Waals surface area contributed by atoms with Crippen LogP contribution in [-0.4, -0.2) is 22.5 Å². The predicted molar refractivity (Wildman–Crippen MR) is 28.9 cm³/mol. The van der Waals surface area contributed by atoms with E-state index in [0.717, 1.165) is 12.0 Å². The second-order valence-corrected chi connectivity index (χ2v) is 1.92. The summed E-state index contributed by atoms with van der Waals surface area (Å²) in [5, 5.41) is 16.8. The Bertz CT molecular complexity index is 120. The van der Waals surface area contributed by atoms with Crippen molar-refractivity contribution in [2.24, 2.45) is 5.73 Å². The van der Waals surface area contributed by atoms with Gasteiger partial charge in [0.15, 0.2) is 6.29 Å². The lowest BCUT2D eigenvalue weighted by Gasteiger charge is -2.08. The number of rotatable bonds is 2. The molecule has 0 heterocycles. The molecule has 0 radical (unpaired) electrons. The highest BCUT2D eigenvalue weighted by molar-refractivity contribution is 5.27. The lowest BCUT2D eigenvalue weighted by atomic mass is 10.2. The Morgan fingerprint density at radius 1 is 1.62 bits per heavy atom. The number of aliphatic hydroxyl groups excluding tert-OH is 1. The molecule has 46 valence electrons. The van der Waals surface area contributed by atoms with Gasteiger partial charge in [-0.2, -0.15) is 0 Å². The van der Waals surface area contributed by atoms with Crippen molar-refractivity contribution >= 4 is 0 Å². The van der Waals surface area contributed by atoms with E-state index in [0.29, 0.717) is 0 Å². The van der Waals surface area contributed by atoms with Gasteiger partial charge < -0.3 is 15.9 Å². The van der Waals surface area contributed by atoms with Crippen molar-refractivity contribution in [3.05, 3.63) is 11.6 Å². The maximum atomic E-state index is 8.42. The summed E-state index contributed by atoms with van der Waals surface area (Å²) in [7, 11) is 0. The first-order valence-electron chi connectivity index (χ1n) is 2.52. The highest BCUT2D eigenvalue weighted by Gasteiger charge is 2.21. The highest BCUT2D eigenvalue weighted by Crippen LogP contribution is 2.21. The molecule has 3 nitrogen and oxygen atoms in total. The van der Waals surface area contributed by atoms with Gasteiger partial charge in [0, 0.05) is 0 Å². The van der Waals surface area contributed by atoms with Crippen LogP contribution in [-0.2, 0) is 0 Å². The number of hydrogen-bond donors (Lipinski definition) is 3. The van der Waals surface area contributed by atoms with Crippen molar-refractivity contribution in [2.45, 2.75) is 18.8 Å². The van der Waals surface area contributed by atoms with E-state index in [4.69, 9.17) is 15.9 Å². The summed E-state index contributed by atoms with van der Waals surface area (Å²) in [6.07, 6.45) is 1.34. The highest BCUT2D eigenvalue weighted by atomic mass is 16.5. The van der Waals surface area contributed by atoms with Crippen LogP contribution in [0.15, 0.2) is 11.6 Å². The third-order valence-electron chi connectivity index (χ3n) is 1.19. The number of nitrogens with two attached hydrogens (primary N) is 1. The van der Waals surface area contributed by atoms with Crippen LogP contribution in [0.5, 0.6) is 0 Å². The van der Waals surface area contributed by atoms with Crippen molar-refractivity contribution in [3.8, 4) is 0 Å². The van der Waals surface area contributed by atoms with Gasteiger partial charge in [0.2, 0.25) is 0 Å². The maximum Gasteiger partial charge on any atom is 0.170 e. The molecular formula is C5H9NO2. The monoisotopic (exact) mass is 115 g/mol. The number of aliphatic hydroxyl groups is 2. The summed E-state index contributed by atoms with van der Waals surface area (Å²) in [6, 6.07) is -0.546. The normalized spacial score (nSPS) is 20.8. The van der Waals surface area contributed by atoms with E-state index >= 15 is 0 Å². The van der Waals surface area contributed by atoms with Crippen LogP contribution in [0.1, 0.15) is 6.42 Å². The van der Waals surface area contributed by atoms with Crippen LogP contribution >= 0.6 is 0 Å². The first-order valence-corrected chi connectivity index (χ1v) is 2.52. The summed E-state index contributed by atoms with van der Waals surface area (Å²) in [5.74, 6) is 0. The zero-order chi connectivity index (χ0) is 6.15. The predicted octanol–water partition coefficient (Wildman–Crippen LogP) is -1.05. The van der Waals surface area contributed by atoms with E-state index in [1.807, 2.05) is 6.08 Å². The summed E-state index contributed by atoms with van der Waals surface area (Å²) in [4.78, 5) is 0. The fraction of sp³-hybridized carbons (Fsp3) is 0.600. The zero-order valence-electron chi connectivity index (χ0n) is 4.41. The third kappa shape index (κ3) is 1.06. The molecule has 0 amide bonds. The minimum Gasteiger partial charge on any atom is -0.367 e. The van der Waals surface area contributed by atoms with E-state index in [1.54, 1.807) is 0 Å². The lowest BCUT2D eigenvalue weighted by Crippen LogP contribution is -2.33. The maximum absolute atomic E-state index is 8.42. The van der Waals surface area contributed by atoms with E-state index < -0.39 is 12.3 Å². The summed E-state index contributed by atoms with van der Waals surface area (Å²) in [6.45, 7) is 0. The third-order valence-corrected chi connectivity index (χ3v) is 1.19. The summed E-state index contributed by atoms with van der Waals surface area (Å²) in [5.41, 5.74) is 6.20. The molecule has 4 N–H and O–H groups in total. The quantitative estimate of drug-likeness (QED) is 0.318. The van der Waals surface area contributed by atoms with Crippen molar-refractivity contribution in [3.63, 3.8) is 0 Å². The SMILES string of the molecule is N[C@H](C1=CC1)C(O)O. The Morgan fingerprint density at radius 3 is 2.25 bits per heavy atom. The standard InChI is InChI=1S/C5H9NO2/c6-4(5(7)8)3-1-2-3/h1,4-5,7-8H,2,6H2/t4-/m1/s1. The molecule has 8 heavy (non-hydrogen) atoms. The molecule has 0 bridgehead atoms. The first kappa shape index (κ1) is 5.75. The van der Waals surface area contributed by atoms with Crippen LogP contribution in [0.3, 0.4) is 0 Å². The molecule has 0 aromatic heterocycles. The largest absolute Gasteiger partial charge is 0.367 e. The Labute approximate surface area is 47.4 Å². The van der Waals surface area contributed by atoms with Crippen molar-refractivity contribution in [2.75, 3.05) is 0 Å². The van der Waals surface area contributed by atoms with Crippen LogP contribution in [0.4, 0.5) is 0 Å². The molecule has 1 aliphatic rings. The van der Waals surface area contributed by atoms with Crippen LogP contribution in [0.2, 0.25) is 0 Å². The van der Waals surface area contributed by atoms with Gasteiger partial charge in [0.25, 0.3) is 0 Å². The minimum atomic E-state index is -1.39. The van der Waals surface area contributed by atoms with Gasteiger partial charge >= 0.3 is 0 Å².